The Morgan fingerprint density at radius 1 is 1.35 bits per heavy atom. The monoisotopic (exact) mass is 300 g/mol. The molecular weight excluding hydrogens is 290 g/mol. The Bertz CT molecular complexity index is 617. The lowest BCUT2D eigenvalue weighted by molar-refractivity contribution is -0.125. The normalized spacial score (nSPS) is 22.8. The summed E-state index contributed by atoms with van der Waals surface area (Å²) in [4.78, 5) is 23.7. The highest BCUT2D eigenvalue weighted by atomic mass is 35.5. The van der Waals surface area contributed by atoms with Crippen LogP contribution in [0.15, 0.2) is 12.1 Å². The summed E-state index contributed by atoms with van der Waals surface area (Å²) in [7, 11) is 0. The highest BCUT2D eigenvalue weighted by Crippen LogP contribution is 2.52. The first kappa shape index (κ1) is 13.3. The summed E-state index contributed by atoms with van der Waals surface area (Å²) < 4.78 is 26.5. The summed E-state index contributed by atoms with van der Waals surface area (Å²) in [6, 6.07) is 0.926. The fraction of sp³-hybridized carbons (Fsp3) is 0.385. The van der Waals surface area contributed by atoms with Crippen LogP contribution in [-0.4, -0.2) is 17.9 Å². The van der Waals surface area contributed by atoms with Crippen LogP contribution >= 0.6 is 11.6 Å². The van der Waals surface area contributed by atoms with Gasteiger partial charge in [0.25, 0.3) is 0 Å². The van der Waals surface area contributed by atoms with E-state index in [2.05, 4.69) is 10.6 Å². The number of anilines is 1. The number of hydrogen-bond donors (Lipinski definition) is 2. The van der Waals surface area contributed by atoms with Gasteiger partial charge < -0.3 is 10.6 Å². The third-order valence-electron chi connectivity index (χ3n) is 3.82. The molecule has 0 aromatic heterocycles. The van der Waals surface area contributed by atoms with Gasteiger partial charge in [-0.1, -0.05) is 11.6 Å². The molecule has 1 aromatic rings. The lowest BCUT2D eigenvalue weighted by atomic mass is 10.0. The van der Waals surface area contributed by atoms with Crippen molar-refractivity contribution in [3.05, 3.63) is 28.8 Å². The van der Waals surface area contributed by atoms with Gasteiger partial charge in [-0.3, -0.25) is 9.59 Å². The molecule has 1 atom stereocenters. The van der Waals surface area contributed by atoms with Crippen LogP contribution in [-0.2, 0) is 9.59 Å². The fourth-order valence-electron chi connectivity index (χ4n) is 2.42. The van der Waals surface area contributed by atoms with Crippen molar-refractivity contribution in [3.63, 3.8) is 0 Å². The van der Waals surface area contributed by atoms with Gasteiger partial charge in [0.05, 0.1) is 16.1 Å². The highest BCUT2D eigenvalue weighted by Gasteiger charge is 2.57. The van der Waals surface area contributed by atoms with Crippen molar-refractivity contribution >= 4 is 29.1 Å². The van der Waals surface area contributed by atoms with Gasteiger partial charge in [0, 0.05) is 6.07 Å². The predicted octanol–water partition coefficient (Wildman–Crippen LogP) is 2.23. The molecule has 0 radical (unpaired) electrons. The molecule has 20 heavy (non-hydrogen) atoms. The smallest absolute Gasteiger partial charge is 0.247 e. The molecule has 1 saturated heterocycles. The molecular formula is C13H11ClF2N2O2. The van der Waals surface area contributed by atoms with Crippen LogP contribution in [0.5, 0.6) is 0 Å². The topological polar surface area (TPSA) is 58.2 Å². The van der Waals surface area contributed by atoms with Crippen molar-refractivity contribution in [2.24, 2.45) is 5.41 Å². The van der Waals surface area contributed by atoms with Crippen LogP contribution in [0.1, 0.15) is 19.3 Å². The second-order valence-electron chi connectivity index (χ2n) is 5.25. The molecule has 7 heteroatoms. The summed E-state index contributed by atoms with van der Waals surface area (Å²) in [6.07, 6.45) is 1.97. The number of rotatable bonds is 2. The molecule has 2 fully saturated rings. The van der Waals surface area contributed by atoms with E-state index in [1.54, 1.807) is 0 Å². The summed E-state index contributed by atoms with van der Waals surface area (Å²) in [5.74, 6) is -2.46. The van der Waals surface area contributed by atoms with Crippen molar-refractivity contribution in [2.75, 3.05) is 5.32 Å². The van der Waals surface area contributed by atoms with Gasteiger partial charge in [0.15, 0.2) is 0 Å². The second kappa shape index (κ2) is 4.41. The zero-order chi connectivity index (χ0) is 14.5. The average molecular weight is 301 g/mol. The number of amides is 2. The highest BCUT2D eigenvalue weighted by molar-refractivity contribution is 6.31. The Hall–Kier alpha value is -1.69. The minimum absolute atomic E-state index is 0.129. The van der Waals surface area contributed by atoms with Gasteiger partial charge in [-0.05, 0) is 25.3 Å². The van der Waals surface area contributed by atoms with Gasteiger partial charge in [-0.25, -0.2) is 8.78 Å². The molecule has 4 nitrogen and oxygen atoms in total. The van der Waals surface area contributed by atoms with E-state index in [0.717, 1.165) is 18.9 Å². The van der Waals surface area contributed by atoms with Gasteiger partial charge >= 0.3 is 0 Å². The van der Waals surface area contributed by atoms with E-state index in [1.807, 2.05) is 0 Å². The van der Waals surface area contributed by atoms with E-state index < -0.39 is 29.0 Å². The first-order valence-electron chi connectivity index (χ1n) is 6.18. The summed E-state index contributed by atoms with van der Waals surface area (Å²) in [5, 5.41) is 4.64. The molecule has 0 unspecified atom stereocenters. The molecule has 1 aliphatic heterocycles. The standard InChI is InChI=1S/C13H11ClF2N2O2/c14-6-3-9(8(16)4-7(6)15)17-11(19)10-5-13(1-2-13)12(20)18-10/h3-4,10H,1-2,5H2,(H,17,19)(H,18,20)/t10-/m1/s1. The van der Waals surface area contributed by atoms with Gasteiger partial charge in [-0.2, -0.15) is 0 Å². The molecule has 106 valence electrons. The quantitative estimate of drug-likeness (QED) is 0.823. The van der Waals surface area contributed by atoms with Crippen LogP contribution in [0.25, 0.3) is 0 Å². The number of carbonyl (C=O) groups is 2. The average Bonchev–Trinajstić information content (AvgIpc) is 3.08. The lowest BCUT2D eigenvalue weighted by Crippen LogP contribution is -2.37. The summed E-state index contributed by atoms with van der Waals surface area (Å²) in [5.41, 5.74) is -0.603. The SMILES string of the molecule is O=C(Nc1cc(Cl)c(F)cc1F)[C@H]1CC2(CC2)C(=O)N1. The van der Waals surface area contributed by atoms with E-state index >= 15 is 0 Å². The lowest BCUT2D eigenvalue weighted by Gasteiger charge is -2.12. The van der Waals surface area contributed by atoms with Crippen molar-refractivity contribution in [2.45, 2.75) is 25.3 Å². The van der Waals surface area contributed by atoms with E-state index in [0.29, 0.717) is 12.5 Å². The van der Waals surface area contributed by atoms with E-state index in [9.17, 15) is 18.4 Å². The molecule has 0 bridgehead atoms. The predicted molar refractivity (Wildman–Crippen MR) is 68.2 cm³/mol. The fourth-order valence-corrected chi connectivity index (χ4v) is 2.59. The number of hydrogen-bond acceptors (Lipinski definition) is 2. The van der Waals surface area contributed by atoms with Gasteiger partial charge in [0.2, 0.25) is 11.8 Å². The third-order valence-corrected chi connectivity index (χ3v) is 4.11. The zero-order valence-electron chi connectivity index (χ0n) is 10.3. The molecule has 2 N–H and O–H groups in total. The number of carbonyl (C=O) groups excluding carboxylic acids is 2. The first-order valence-corrected chi connectivity index (χ1v) is 6.55. The Kier molecular flexibility index (Phi) is 2.93. The molecule has 1 aromatic carbocycles. The Labute approximate surface area is 118 Å². The van der Waals surface area contributed by atoms with Crippen molar-refractivity contribution in [1.29, 1.82) is 0 Å². The molecule has 1 spiro atoms. The van der Waals surface area contributed by atoms with Crippen molar-refractivity contribution < 1.29 is 18.4 Å². The molecule has 2 amide bonds. The van der Waals surface area contributed by atoms with E-state index in [1.165, 1.54) is 0 Å². The van der Waals surface area contributed by atoms with Crippen LogP contribution in [0.2, 0.25) is 5.02 Å². The molecule has 2 aliphatic rings. The Morgan fingerprint density at radius 3 is 2.65 bits per heavy atom. The van der Waals surface area contributed by atoms with Gasteiger partial charge in [-0.15, -0.1) is 0 Å². The largest absolute Gasteiger partial charge is 0.344 e. The maximum Gasteiger partial charge on any atom is 0.247 e. The zero-order valence-corrected chi connectivity index (χ0v) is 11.1. The van der Waals surface area contributed by atoms with Crippen LogP contribution < -0.4 is 10.6 Å². The number of halogens is 3. The number of nitrogens with one attached hydrogen (secondary N) is 2. The van der Waals surface area contributed by atoms with Crippen molar-refractivity contribution in [1.82, 2.24) is 5.32 Å². The minimum Gasteiger partial charge on any atom is -0.344 e. The minimum atomic E-state index is -0.911. The molecule has 1 heterocycles. The third kappa shape index (κ3) is 2.14. The van der Waals surface area contributed by atoms with Crippen molar-refractivity contribution in [3.8, 4) is 0 Å². The van der Waals surface area contributed by atoms with E-state index in [-0.39, 0.29) is 16.6 Å². The van der Waals surface area contributed by atoms with Gasteiger partial charge in [0.1, 0.15) is 17.7 Å². The maximum atomic E-state index is 13.5. The number of benzene rings is 1. The molecule has 3 rings (SSSR count). The van der Waals surface area contributed by atoms with Crippen LogP contribution in [0.4, 0.5) is 14.5 Å². The first-order chi connectivity index (χ1) is 9.41. The van der Waals surface area contributed by atoms with E-state index in [4.69, 9.17) is 11.6 Å². The molecule has 1 saturated carbocycles. The maximum absolute atomic E-state index is 13.5. The Balaban J connectivity index is 1.74. The Morgan fingerprint density at radius 2 is 2.05 bits per heavy atom. The van der Waals surface area contributed by atoms with Crippen LogP contribution in [0.3, 0.4) is 0 Å². The van der Waals surface area contributed by atoms with Crippen LogP contribution in [0, 0.1) is 17.0 Å². The summed E-state index contributed by atoms with van der Waals surface area (Å²) in [6.45, 7) is 0. The summed E-state index contributed by atoms with van der Waals surface area (Å²) >= 11 is 5.54. The second-order valence-corrected chi connectivity index (χ2v) is 5.65. The molecule has 1 aliphatic carbocycles.